The molecule has 0 atom stereocenters. The lowest BCUT2D eigenvalue weighted by molar-refractivity contribution is -0.140. The highest BCUT2D eigenvalue weighted by atomic mass is 79.9. The van der Waals surface area contributed by atoms with Crippen LogP contribution < -0.4 is 0 Å². The molecule has 1 aromatic carbocycles. The lowest BCUT2D eigenvalue weighted by atomic mass is 10.0. The molecule has 5 heteroatoms. The summed E-state index contributed by atoms with van der Waals surface area (Å²) in [5.74, 6) is -0.212. The number of rotatable bonds is 4. The lowest BCUT2D eigenvalue weighted by Crippen LogP contribution is -2.02. The molecular weight excluding hydrogens is 344 g/mol. The molecule has 0 amide bonds. The van der Waals surface area contributed by atoms with Gasteiger partial charge in [0, 0.05) is 28.0 Å². The highest BCUT2D eigenvalue weighted by molar-refractivity contribution is 9.10. The molecule has 0 aliphatic heterocycles. The van der Waals surface area contributed by atoms with Gasteiger partial charge in [0.05, 0.1) is 18.5 Å². The standard InChI is InChI=1S/C17H15BrN2O2/c1-22-16(21)8-6-12-13-10-11(18)5-7-14(13)20-17(12)15-4-2-3-9-19-15/h2-5,7,9-10,20H,6,8H2,1H3. The molecular formula is C17H15BrN2O2. The quantitative estimate of drug-likeness (QED) is 0.714. The molecule has 0 saturated heterocycles. The predicted molar refractivity (Wildman–Crippen MR) is 89.6 cm³/mol. The number of esters is 1. The van der Waals surface area contributed by atoms with Crippen molar-refractivity contribution in [1.29, 1.82) is 0 Å². The number of aromatic nitrogens is 2. The first kappa shape index (κ1) is 14.8. The predicted octanol–water partition coefficient (Wildman–Crippen LogP) is 4.10. The van der Waals surface area contributed by atoms with Gasteiger partial charge in [-0.25, -0.2) is 0 Å². The van der Waals surface area contributed by atoms with Crippen molar-refractivity contribution in [2.75, 3.05) is 7.11 Å². The zero-order chi connectivity index (χ0) is 15.5. The van der Waals surface area contributed by atoms with Gasteiger partial charge in [0.15, 0.2) is 0 Å². The third-order valence-corrected chi connectivity index (χ3v) is 4.09. The van der Waals surface area contributed by atoms with Gasteiger partial charge in [-0.1, -0.05) is 22.0 Å². The van der Waals surface area contributed by atoms with E-state index in [9.17, 15) is 4.79 Å². The number of carbonyl (C=O) groups excluding carboxylic acids is 1. The summed E-state index contributed by atoms with van der Waals surface area (Å²) in [6, 6.07) is 11.9. The Balaban J connectivity index is 2.11. The van der Waals surface area contributed by atoms with Crippen molar-refractivity contribution in [3.05, 3.63) is 52.6 Å². The van der Waals surface area contributed by atoms with Gasteiger partial charge in [-0.2, -0.15) is 0 Å². The molecule has 4 nitrogen and oxygen atoms in total. The lowest BCUT2D eigenvalue weighted by Gasteiger charge is -2.04. The molecule has 3 rings (SSSR count). The van der Waals surface area contributed by atoms with Crippen molar-refractivity contribution >= 4 is 32.8 Å². The number of hydrogen-bond acceptors (Lipinski definition) is 3. The molecule has 0 fully saturated rings. The first-order valence-corrected chi connectivity index (χ1v) is 7.76. The number of nitrogens with one attached hydrogen (secondary N) is 1. The number of aromatic amines is 1. The van der Waals surface area contributed by atoms with Crippen LogP contribution >= 0.6 is 15.9 Å². The highest BCUT2D eigenvalue weighted by Gasteiger charge is 2.15. The largest absolute Gasteiger partial charge is 0.469 e. The van der Waals surface area contributed by atoms with E-state index in [1.807, 2.05) is 30.3 Å². The monoisotopic (exact) mass is 358 g/mol. The Kier molecular flexibility index (Phi) is 4.24. The van der Waals surface area contributed by atoms with Crippen LogP contribution in [-0.2, 0) is 16.0 Å². The Morgan fingerprint density at radius 3 is 2.91 bits per heavy atom. The molecule has 0 radical (unpaired) electrons. The molecule has 0 bridgehead atoms. The van der Waals surface area contributed by atoms with Gasteiger partial charge in [-0.3, -0.25) is 9.78 Å². The van der Waals surface area contributed by atoms with Crippen LogP contribution in [0.5, 0.6) is 0 Å². The second kappa shape index (κ2) is 6.32. The summed E-state index contributed by atoms with van der Waals surface area (Å²) in [5.41, 5.74) is 3.94. The first-order chi connectivity index (χ1) is 10.7. The van der Waals surface area contributed by atoms with Crippen LogP contribution in [0.25, 0.3) is 22.3 Å². The number of fused-ring (bicyclic) bond motifs is 1. The summed E-state index contributed by atoms with van der Waals surface area (Å²) in [7, 11) is 1.41. The molecule has 2 heterocycles. The summed E-state index contributed by atoms with van der Waals surface area (Å²) in [5, 5.41) is 1.10. The number of methoxy groups -OCH3 is 1. The Hall–Kier alpha value is -2.14. The summed E-state index contributed by atoms with van der Waals surface area (Å²) < 4.78 is 5.76. The van der Waals surface area contributed by atoms with Gasteiger partial charge >= 0.3 is 5.97 Å². The zero-order valence-corrected chi connectivity index (χ0v) is 13.7. The van der Waals surface area contributed by atoms with Crippen molar-refractivity contribution in [3.8, 4) is 11.4 Å². The number of pyridine rings is 1. The Bertz CT molecular complexity index is 812. The number of nitrogens with zero attached hydrogens (tertiary/aromatic N) is 1. The van der Waals surface area contributed by atoms with Crippen molar-refractivity contribution in [3.63, 3.8) is 0 Å². The molecule has 2 aromatic heterocycles. The molecule has 0 spiro atoms. The number of aryl methyl sites for hydroxylation is 1. The van der Waals surface area contributed by atoms with Crippen LogP contribution in [0.1, 0.15) is 12.0 Å². The van der Waals surface area contributed by atoms with E-state index >= 15 is 0 Å². The second-order valence-corrected chi connectivity index (χ2v) is 5.88. The number of ether oxygens (including phenoxy) is 1. The number of carbonyl (C=O) groups is 1. The van der Waals surface area contributed by atoms with E-state index in [1.54, 1.807) is 6.20 Å². The maximum absolute atomic E-state index is 11.5. The summed E-state index contributed by atoms with van der Waals surface area (Å²) in [6.45, 7) is 0. The highest BCUT2D eigenvalue weighted by Crippen LogP contribution is 2.32. The SMILES string of the molecule is COC(=O)CCc1c(-c2ccccn2)[nH]c2ccc(Br)cc12. The molecule has 0 aliphatic rings. The number of hydrogen-bond donors (Lipinski definition) is 1. The van der Waals surface area contributed by atoms with Crippen molar-refractivity contribution in [1.82, 2.24) is 9.97 Å². The summed E-state index contributed by atoms with van der Waals surface area (Å²) >= 11 is 3.50. The van der Waals surface area contributed by atoms with Crippen LogP contribution in [-0.4, -0.2) is 23.0 Å². The minimum atomic E-state index is -0.212. The maximum Gasteiger partial charge on any atom is 0.305 e. The van der Waals surface area contributed by atoms with Gasteiger partial charge in [-0.15, -0.1) is 0 Å². The van der Waals surface area contributed by atoms with Gasteiger partial charge < -0.3 is 9.72 Å². The molecule has 0 aliphatic carbocycles. The smallest absolute Gasteiger partial charge is 0.305 e. The molecule has 0 saturated carbocycles. The van der Waals surface area contributed by atoms with Crippen molar-refractivity contribution in [2.45, 2.75) is 12.8 Å². The van der Waals surface area contributed by atoms with E-state index in [0.717, 1.165) is 32.3 Å². The van der Waals surface area contributed by atoms with Crippen LogP contribution in [0.2, 0.25) is 0 Å². The van der Waals surface area contributed by atoms with Crippen LogP contribution in [0, 0.1) is 0 Å². The van der Waals surface area contributed by atoms with Gasteiger partial charge in [0.25, 0.3) is 0 Å². The minimum absolute atomic E-state index is 0.212. The first-order valence-electron chi connectivity index (χ1n) is 6.97. The van der Waals surface area contributed by atoms with Gasteiger partial charge in [0.2, 0.25) is 0 Å². The van der Waals surface area contributed by atoms with Gasteiger partial charge in [0.1, 0.15) is 0 Å². The Morgan fingerprint density at radius 2 is 2.18 bits per heavy atom. The van der Waals surface area contributed by atoms with E-state index in [-0.39, 0.29) is 5.97 Å². The minimum Gasteiger partial charge on any atom is -0.469 e. The van der Waals surface area contributed by atoms with Crippen LogP contribution in [0.4, 0.5) is 0 Å². The van der Waals surface area contributed by atoms with Crippen LogP contribution in [0.3, 0.4) is 0 Å². The molecule has 22 heavy (non-hydrogen) atoms. The second-order valence-electron chi connectivity index (χ2n) is 4.96. The summed E-state index contributed by atoms with van der Waals surface area (Å²) in [6.07, 6.45) is 2.71. The average molecular weight is 359 g/mol. The van der Waals surface area contributed by atoms with Crippen molar-refractivity contribution < 1.29 is 9.53 Å². The zero-order valence-electron chi connectivity index (χ0n) is 12.1. The third kappa shape index (κ3) is 2.90. The summed E-state index contributed by atoms with van der Waals surface area (Å²) in [4.78, 5) is 19.3. The van der Waals surface area contributed by atoms with E-state index in [1.165, 1.54) is 7.11 Å². The molecule has 3 aromatic rings. The van der Waals surface area contributed by atoms with E-state index in [2.05, 4.69) is 32.0 Å². The van der Waals surface area contributed by atoms with E-state index in [0.29, 0.717) is 12.8 Å². The fraction of sp³-hybridized carbons (Fsp3) is 0.176. The molecule has 112 valence electrons. The van der Waals surface area contributed by atoms with Crippen molar-refractivity contribution in [2.24, 2.45) is 0 Å². The normalized spacial score (nSPS) is 10.8. The topological polar surface area (TPSA) is 55.0 Å². The molecule has 1 N–H and O–H groups in total. The van der Waals surface area contributed by atoms with Gasteiger partial charge in [-0.05, 0) is 42.3 Å². The fourth-order valence-corrected chi connectivity index (χ4v) is 2.90. The Morgan fingerprint density at radius 1 is 1.32 bits per heavy atom. The third-order valence-electron chi connectivity index (χ3n) is 3.60. The fourth-order valence-electron chi connectivity index (χ4n) is 2.54. The maximum atomic E-state index is 11.5. The Labute approximate surface area is 136 Å². The van der Waals surface area contributed by atoms with Crippen LogP contribution in [0.15, 0.2) is 47.1 Å². The van der Waals surface area contributed by atoms with E-state index in [4.69, 9.17) is 4.74 Å². The average Bonchev–Trinajstić information content (AvgIpc) is 2.91. The number of H-pyrrole nitrogens is 1. The number of halogens is 1. The number of benzene rings is 1. The van der Waals surface area contributed by atoms with E-state index < -0.39 is 0 Å². The molecule has 0 unspecified atom stereocenters.